The number of rotatable bonds is 4. The number of ether oxygens (including phenoxy) is 1. The van der Waals surface area contributed by atoms with Crippen molar-refractivity contribution in [2.75, 3.05) is 17.7 Å². The highest BCUT2D eigenvalue weighted by Crippen LogP contribution is 2.29. The molecule has 1 aliphatic rings. The van der Waals surface area contributed by atoms with E-state index in [2.05, 4.69) is 10.6 Å². The fraction of sp³-hybridized carbons (Fsp3) is 0.263. The minimum Gasteiger partial charge on any atom is -0.364 e. The standard InChI is InChI=1S/C19H20N2O3/c1-19(24-2,14-6-4-3-5-7-14)18(23)20-15-9-10-16-13(12-15)8-11-17(22)21-16/h3-7,9-10,12H,8,11H2,1-2H3,(H,20,23)(H,21,22)/t19-/m0/s1. The van der Waals surface area contributed by atoms with Crippen LogP contribution >= 0.6 is 0 Å². The maximum Gasteiger partial charge on any atom is 0.260 e. The van der Waals surface area contributed by atoms with Gasteiger partial charge in [-0.25, -0.2) is 0 Å². The third-order valence-electron chi connectivity index (χ3n) is 4.42. The van der Waals surface area contributed by atoms with Crippen molar-refractivity contribution in [1.82, 2.24) is 0 Å². The number of methoxy groups -OCH3 is 1. The quantitative estimate of drug-likeness (QED) is 0.908. The molecule has 3 rings (SSSR count). The van der Waals surface area contributed by atoms with Crippen LogP contribution in [0.4, 0.5) is 11.4 Å². The molecule has 2 N–H and O–H groups in total. The van der Waals surface area contributed by atoms with Crippen molar-refractivity contribution in [3.05, 3.63) is 59.7 Å². The molecule has 0 fully saturated rings. The van der Waals surface area contributed by atoms with Crippen molar-refractivity contribution < 1.29 is 14.3 Å². The third kappa shape index (κ3) is 3.03. The molecule has 0 bridgehead atoms. The number of hydrogen-bond donors (Lipinski definition) is 2. The third-order valence-corrected chi connectivity index (χ3v) is 4.42. The highest BCUT2D eigenvalue weighted by Gasteiger charge is 2.35. The van der Waals surface area contributed by atoms with E-state index in [1.807, 2.05) is 42.5 Å². The van der Waals surface area contributed by atoms with E-state index < -0.39 is 5.60 Å². The fourth-order valence-corrected chi connectivity index (χ4v) is 2.81. The number of fused-ring (bicyclic) bond motifs is 1. The van der Waals surface area contributed by atoms with Gasteiger partial charge in [-0.3, -0.25) is 9.59 Å². The summed E-state index contributed by atoms with van der Waals surface area (Å²) in [6.07, 6.45) is 1.13. The molecule has 0 aromatic heterocycles. The van der Waals surface area contributed by atoms with E-state index in [1.54, 1.807) is 13.0 Å². The molecule has 124 valence electrons. The summed E-state index contributed by atoms with van der Waals surface area (Å²) < 4.78 is 5.52. The van der Waals surface area contributed by atoms with Crippen molar-refractivity contribution in [2.24, 2.45) is 0 Å². The minimum absolute atomic E-state index is 0.0234. The second-order valence-corrected chi connectivity index (χ2v) is 5.98. The van der Waals surface area contributed by atoms with E-state index in [-0.39, 0.29) is 11.8 Å². The largest absolute Gasteiger partial charge is 0.364 e. The summed E-state index contributed by atoms with van der Waals surface area (Å²) in [6, 6.07) is 14.9. The molecule has 5 nitrogen and oxygen atoms in total. The Kier molecular flexibility index (Phi) is 4.36. The summed E-state index contributed by atoms with van der Waals surface area (Å²) in [6.45, 7) is 1.75. The summed E-state index contributed by atoms with van der Waals surface area (Å²) in [5, 5.41) is 5.75. The molecule has 0 saturated heterocycles. The lowest BCUT2D eigenvalue weighted by molar-refractivity contribution is -0.136. The van der Waals surface area contributed by atoms with Crippen molar-refractivity contribution in [3.63, 3.8) is 0 Å². The van der Waals surface area contributed by atoms with Gasteiger partial charge < -0.3 is 15.4 Å². The number of carbonyl (C=O) groups is 2. The molecule has 24 heavy (non-hydrogen) atoms. The van der Waals surface area contributed by atoms with Gasteiger partial charge >= 0.3 is 0 Å². The van der Waals surface area contributed by atoms with Crippen LogP contribution in [0.15, 0.2) is 48.5 Å². The predicted molar refractivity (Wildman–Crippen MR) is 92.8 cm³/mol. The van der Waals surface area contributed by atoms with E-state index in [0.29, 0.717) is 18.5 Å². The van der Waals surface area contributed by atoms with E-state index in [1.165, 1.54) is 7.11 Å². The van der Waals surface area contributed by atoms with Crippen molar-refractivity contribution >= 4 is 23.2 Å². The van der Waals surface area contributed by atoms with Crippen LogP contribution in [0.25, 0.3) is 0 Å². The zero-order valence-corrected chi connectivity index (χ0v) is 13.8. The maximum atomic E-state index is 12.8. The van der Waals surface area contributed by atoms with Crippen LogP contribution in [0.5, 0.6) is 0 Å². The topological polar surface area (TPSA) is 67.4 Å². The van der Waals surface area contributed by atoms with Gasteiger partial charge in [-0.1, -0.05) is 30.3 Å². The smallest absolute Gasteiger partial charge is 0.260 e. The molecule has 2 amide bonds. The number of anilines is 2. The molecule has 0 aliphatic carbocycles. The Balaban J connectivity index is 1.82. The lowest BCUT2D eigenvalue weighted by Gasteiger charge is -2.27. The Labute approximate surface area is 141 Å². The van der Waals surface area contributed by atoms with Gasteiger partial charge in [-0.2, -0.15) is 0 Å². The molecular formula is C19H20N2O3. The molecule has 1 aliphatic heterocycles. The van der Waals surface area contributed by atoms with Crippen LogP contribution in [-0.4, -0.2) is 18.9 Å². The van der Waals surface area contributed by atoms with Gasteiger partial charge in [0.1, 0.15) is 0 Å². The molecule has 0 unspecified atom stereocenters. The number of amides is 2. The zero-order chi connectivity index (χ0) is 17.2. The number of hydrogen-bond acceptors (Lipinski definition) is 3. The lowest BCUT2D eigenvalue weighted by atomic mass is 9.94. The second-order valence-electron chi connectivity index (χ2n) is 5.98. The van der Waals surface area contributed by atoms with E-state index in [0.717, 1.165) is 16.8 Å². The predicted octanol–water partition coefficient (Wildman–Crippen LogP) is 3.07. The normalized spacial score (nSPS) is 15.8. The molecular weight excluding hydrogens is 304 g/mol. The summed E-state index contributed by atoms with van der Waals surface area (Å²) >= 11 is 0. The van der Waals surface area contributed by atoms with Gasteiger partial charge in [0.2, 0.25) is 5.91 Å². The first kappa shape index (κ1) is 16.2. The van der Waals surface area contributed by atoms with Gasteiger partial charge in [-0.05, 0) is 42.7 Å². The fourth-order valence-electron chi connectivity index (χ4n) is 2.81. The molecule has 2 aromatic carbocycles. The van der Waals surface area contributed by atoms with Gasteiger partial charge in [0, 0.05) is 24.9 Å². The van der Waals surface area contributed by atoms with Crippen molar-refractivity contribution in [2.45, 2.75) is 25.4 Å². The maximum absolute atomic E-state index is 12.8. The first-order valence-electron chi connectivity index (χ1n) is 7.88. The first-order valence-corrected chi connectivity index (χ1v) is 7.88. The van der Waals surface area contributed by atoms with Crippen LogP contribution in [0.1, 0.15) is 24.5 Å². The molecule has 0 radical (unpaired) electrons. The zero-order valence-electron chi connectivity index (χ0n) is 13.8. The summed E-state index contributed by atoms with van der Waals surface area (Å²) in [5.41, 5.74) is 2.23. The summed E-state index contributed by atoms with van der Waals surface area (Å²) in [4.78, 5) is 24.2. The Bertz CT molecular complexity index is 773. The average molecular weight is 324 g/mol. The van der Waals surface area contributed by atoms with Crippen LogP contribution in [0, 0.1) is 0 Å². The highest BCUT2D eigenvalue weighted by molar-refractivity contribution is 5.99. The average Bonchev–Trinajstić information content (AvgIpc) is 2.61. The van der Waals surface area contributed by atoms with Crippen LogP contribution in [0.2, 0.25) is 0 Å². The number of nitrogens with one attached hydrogen (secondary N) is 2. The Morgan fingerprint density at radius 1 is 1.17 bits per heavy atom. The summed E-state index contributed by atoms with van der Waals surface area (Å²) in [7, 11) is 1.52. The molecule has 0 saturated carbocycles. The van der Waals surface area contributed by atoms with Gasteiger partial charge in [0.15, 0.2) is 5.60 Å². The van der Waals surface area contributed by atoms with E-state index in [9.17, 15) is 9.59 Å². The SMILES string of the molecule is CO[C@](C)(C(=O)Nc1ccc2c(c1)CCC(=O)N2)c1ccccc1. The molecule has 2 aromatic rings. The molecule has 5 heteroatoms. The number of carbonyl (C=O) groups excluding carboxylic acids is 2. The lowest BCUT2D eigenvalue weighted by Crippen LogP contribution is -2.39. The number of aryl methyl sites for hydroxylation is 1. The highest BCUT2D eigenvalue weighted by atomic mass is 16.5. The van der Waals surface area contributed by atoms with Gasteiger partial charge in [-0.15, -0.1) is 0 Å². The summed E-state index contributed by atoms with van der Waals surface area (Å²) in [5.74, 6) is -0.216. The minimum atomic E-state index is -1.08. The molecule has 1 atom stereocenters. The Hall–Kier alpha value is -2.66. The van der Waals surface area contributed by atoms with E-state index >= 15 is 0 Å². The second kappa shape index (κ2) is 6.45. The van der Waals surface area contributed by atoms with Gasteiger partial charge in [0.05, 0.1) is 0 Å². The van der Waals surface area contributed by atoms with E-state index in [4.69, 9.17) is 4.74 Å². The van der Waals surface area contributed by atoms with Crippen LogP contribution in [0.3, 0.4) is 0 Å². The van der Waals surface area contributed by atoms with Crippen molar-refractivity contribution in [1.29, 1.82) is 0 Å². The molecule has 1 heterocycles. The van der Waals surface area contributed by atoms with Crippen LogP contribution in [-0.2, 0) is 26.3 Å². The van der Waals surface area contributed by atoms with Crippen molar-refractivity contribution in [3.8, 4) is 0 Å². The first-order chi connectivity index (χ1) is 11.5. The Morgan fingerprint density at radius 2 is 1.92 bits per heavy atom. The van der Waals surface area contributed by atoms with Gasteiger partial charge in [0.25, 0.3) is 5.91 Å². The molecule has 0 spiro atoms. The Morgan fingerprint density at radius 3 is 2.62 bits per heavy atom. The monoisotopic (exact) mass is 324 g/mol. The number of benzene rings is 2. The van der Waals surface area contributed by atoms with Crippen LogP contribution < -0.4 is 10.6 Å².